The molecule has 0 radical (unpaired) electrons. The van der Waals surface area contributed by atoms with Gasteiger partial charge >= 0.3 is 0 Å². The third kappa shape index (κ3) is 1.67. The van der Waals surface area contributed by atoms with Crippen molar-refractivity contribution >= 4 is 29.3 Å². The minimum absolute atomic E-state index is 0.313. The quantitative estimate of drug-likeness (QED) is 0.365. The Morgan fingerprint density at radius 2 is 2.25 bits per heavy atom. The summed E-state index contributed by atoms with van der Waals surface area (Å²) in [5.74, 6) is 0. The predicted octanol–water partition coefficient (Wildman–Crippen LogP) is 2.51. The number of isocyanates is 1. The first-order valence-electron chi connectivity index (χ1n) is 3.15. The van der Waals surface area contributed by atoms with Gasteiger partial charge in [-0.3, -0.25) is 0 Å². The van der Waals surface area contributed by atoms with Crippen molar-refractivity contribution < 1.29 is 4.79 Å². The fourth-order valence-electron chi connectivity index (χ4n) is 0.783. The molecular weight excluding hydrogens is 197 g/mol. The number of halogens is 2. The van der Waals surface area contributed by atoms with Crippen molar-refractivity contribution in [2.75, 3.05) is 0 Å². The zero-order chi connectivity index (χ0) is 9.14. The Kier molecular flexibility index (Phi) is 2.88. The Hall–Kier alpha value is -0.820. The molecule has 0 N–H and O–H groups in total. The molecule has 0 aromatic rings. The van der Waals surface area contributed by atoms with Gasteiger partial charge in [-0.05, 0) is 11.6 Å². The zero-order valence-electron chi connectivity index (χ0n) is 6.05. The highest BCUT2D eigenvalue weighted by Crippen LogP contribution is 2.30. The lowest BCUT2D eigenvalue weighted by Crippen LogP contribution is -2.05. The van der Waals surface area contributed by atoms with E-state index in [1.807, 2.05) is 0 Å². The maximum atomic E-state index is 9.92. The Balaban J connectivity index is 3.09. The average Bonchev–Trinajstić information content (AvgIpc) is 2.07. The average molecular weight is 202 g/mol. The SMILES string of the molecule is C=C1C=CC(N=C=O)=C(Cl)C1Cl. The van der Waals surface area contributed by atoms with E-state index >= 15 is 0 Å². The maximum Gasteiger partial charge on any atom is 0.240 e. The Labute approximate surface area is 79.9 Å². The molecular formula is C8H5Cl2NO. The summed E-state index contributed by atoms with van der Waals surface area (Å²) < 4.78 is 0. The second kappa shape index (κ2) is 3.72. The lowest BCUT2D eigenvalue weighted by molar-refractivity contribution is 0.565. The molecule has 0 spiro atoms. The fourth-order valence-corrected chi connectivity index (χ4v) is 1.21. The van der Waals surface area contributed by atoms with Gasteiger partial charge in [0.25, 0.3) is 0 Å². The van der Waals surface area contributed by atoms with Crippen LogP contribution in [-0.4, -0.2) is 11.5 Å². The molecule has 0 heterocycles. The van der Waals surface area contributed by atoms with Gasteiger partial charge in [-0.2, -0.15) is 4.99 Å². The maximum absolute atomic E-state index is 9.92. The second-order valence-electron chi connectivity index (χ2n) is 2.21. The van der Waals surface area contributed by atoms with Crippen LogP contribution in [0, 0.1) is 0 Å². The van der Waals surface area contributed by atoms with Gasteiger partial charge in [-0.1, -0.05) is 24.3 Å². The van der Waals surface area contributed by atoms with Crippen LogP contribution in [0.15, 0.2) is 40.0 Å². The largest absolute Gasteiger partial charge is 0.240 e. The lowest BCUT2D eigenvalue weighted by atomic mass is 10.1. The van der Waals surface area contributed by atoms with Crippen LogP contribution in [0.1, 0.15) is 0 Å². The molecule has 0 saturated heterocycles. The standard InChI is InChI=1S/C8H5Cl2NO/c1-5-2-3-6(11-4-12)8(10)7(5)9/h2-3,7H,1H2. The van der Waals surface area contributed by atoms with Crippen LogP contribution in [0.5, 0.6) is 0 Å². The summed E-state index contributed by atoms with van der Waals surface area (Å²) in [6, 6.07) is 0. The summed E-state index contributed by atoms with van der Waals surface area (Å²) in [5, 5.41) is -0.170. The van der Waals surface area contributed by atoms with Crippen LogP contribution >= 0.6 is 23.2 Å². The monoisotopic (exact) mass is 201 g/mol. The van der Waals surface area contributed by atoms with Crippen LogP contribution in [0.4, 0.5) is 0 Å². The first-order chi connectivity index (χ1) is 5.66. The van der Waals surface area contributed by atoms with Crippen LogP contribution in [0.25, 0.3) is 0 Å². The number of carbonyl (C=O) groups excluding carboxylic acids is 1. The van der Waals surface area contributed by atoms with Gasteiger partial charge < -0.3 is 0 Å². The van der Waals surface area contributed by atoms with Crippen molar-refractivity contribution in [1.82, 2.24) is 0 Å². The molecule has 0 amide bonds. The fraction of sp³-hybridized carbons (Fsp3) is 0.125. The van der Waals surface area contributed by atoms with Crippen molar-refractivity contribution in [3.63, 3.8) is 0 Å². The molecule has 0 bridgehead atoms. The van der Waals surface area contributed by atoms with E-state index in [1.54, 1.807) is 12.2 Å². The molecule has 12 heavy (non-hydrogen) atoms. The van der Waals surface area contributed by atoms with E-state index in [4.69, 9.17) is 23.2 Å². The van der Waals surface area contributed by atoms with Gasteiger partial charge in [0.2, 0.25) is 6.08 Å². The number of aliphatic imine (C=N–C) groups is 1. The van der Waals surface area contributed by atoms with E-state index in [0.717, 1.165) is 0 Å². The third-order valence-electron chi connectivity index (χ3n) is 1.41. The van der Waals surface area contributed by atoms with Gasteiger partial charge in [-0.15, -0.1) is 11.6 Å². The van der Waals surface area contributed by atoms with Gasteiger partial charge in [-0.25, -0.2) is 4.79 Å². The Bertz CT molecular complexity index is 324. The van der Waals surface area contributed by atoms with Crippen LogP contribution in [-0.2, 0) is 4.79 Å². The summed E-state index contributed by atoms with van der Waals surface area (Å²) in [6.07, 6.45) is 4.64. The number of alkyl halides is 1. The predicted molar refractivity (Wildman–Crippen MR) is 48.9 cm³/mol. The second-order valence-corrected chi connectivity index (χ2v) is 3.05. The van der Waals surface area contributed by atoms with Gasteiger partial charge in [0, 0.05) is 0 Å². The zero-order valence-corrected chi connectivity index (χ0v) is 7.56. The number of hydrogen-bond donors (Lipinski definition) is 0. The molecule has 0 aromatic heterocycles. The van der Waals surface area contributed by atoms with E-state index in [0.29, 0.717) is 16.3 Å². The van der Waals surface area contributed by atoms with Crippen molar-refractivity contribution in [3.8, 4) is 0 Å². The molecule has 0 fully saturated rings. The summed E-state index contributed by atoms with van der Waals surface area (Å²) in [4.78, 5) is 13.3. The van der Waals surface area contributed by atoms with Crippen molar-refractivity contribution in [2.45, 2.75) is 5.38 Å². The molecule has 4 heteroatoms. The lowest BCUT2D eigenvalue weighted by Gasteiger charge is -2.13. The molecule has 2 nitrogen and oxygen atoms in total. The van der Waals surface area contributed by atoms with E-state index < -0.39 is 5.38 Å². The van der Waals surface area contributed by atoms with Crippen LogP contribution in [0.2, 0.25) is 0 Å². The number of hydrogen-bond acceptors (Lipinski definition) is 2. The number of rotatable bonds is 1. The molecule has 1 rings (SSSR count). The van der Waals surface area contributed by atoms with Crippen molar-refractivity contribution in [3.05, 3.63) is 35.0 Å². The van der Waals surface area contributed by atoms with E-state index in [1.165, 1.54) is 6.08 Å². The first-order valence-corrected chi connectivity index (χ1v) is 3.96. The summed E-state index contributed by atoms with van der Waals surface area (Å²) in [5.41, 5.74) is 1.03. The molecule has 62 valence electrons. The van der Waals surface area contributed by atoms with E-state index in [-0.39, 0.29) is 0 Å². The molecule has 0 saturated carbocycles. The van der Waals surface area contributed by atoms with Gasteiger partial charge in [0.1, 0.15) is 0 Å². The molecule has 1 aliphatic rings. The minimum atomic E-state index is -0.483. The first kappa shape index (κ1) is 9.27. The smallest absolute Gasteiger partial charge is 0.211 e. The van der Waals surface area contributed by atoms with Crippen molar-refractivity contribution in [1.29, 1.82) is 0 Å². The number of nitrogens with zero attached hydrogens (tertiary/aromatic N) is 1. The van der Waals surface area contributed by atoms with Crippen LogP contribution < -0.4 is 0 Å². The Morgan fingerprint density at radius 1 is 1.58 bits per heavy atom. The van der Waals surface area contributed by atoms with Gasteiger partial charge in [0.05, 0.1) is 16.1 Å². The van der Waals surface area contributed by atoms with E-state index in [9.17, 15) is 4.79 Å². The number of allylic oxidation sites excluding steroid dienone is 4. The van der Waals surface area contributed by atoms with Crippen LogP contribution in [0.3, 0.4) is 0 Å². The molecule has 1 atom stereocenters. The minimum Gasteiger partial charge on any atom is -0.211 e. The molecule has 0 aliphatic heterocycles. The highest BCUT2D eigenvalue weighted by molar-refractivity contribution is 6.39. The topological polar surface area (TPSA) is 29.4 Å². The highest BCUT2D eigenvalue weighted by atomic mass is 35.5. The summed E-state index contributed by atoms with van der Waals surface area (Å²) in [6.45, 7) is 3.66. The van der Waals surface area contributed by atoms with Gasteiger partial charge in [0.15, 0.2) is 0 Å². The third-order valence-corrected chi connectivity index (χ3v) is 2.44. The molecule has 0 aromatic carbocycles. The normalized spacial score (nSPS) is 22.5. The molecule has 1 aliphatic carbocycles. The summed E-state index contributed by atoms with van der Waals surface area (Å²) >= 11 is 11.6. The highest BCUT2D eigenvalue weighted by Gasteiger charge is 2.18. The van der Waals surface area contributed by atoms with E-state index in [2.05, 4.69) is 11.6 Å². The van der Waals surface area contributed by atoms with Crippen molar-refractivity contribution in [2.24, 2.45) is 4.99 Å². The Morgan fingerprint density at radius 3 is 2.83 bits per heavy atom. The summed E-state index contributed by atoms with van der Waals surface area (Å²) in [7, 11) is 0. The molecule has 1 unspecified atom stereocenters.